The Balaban J connectivity index is 2.92. The van der Waals surface area contributed by atoms with E-state index < -0.39 is 0 Å². The quantitative estimate of drug-likeness (QED) is 0.608. The van der Waals surface area contributed by atoms with E-state index in [1.807, 2.05) is 25.3 Å². The Morgan fingerprint density at radius 3 is 2.94 bits per heavy atom. The third-order valence-corrected chi connectivity index (χ3v) is 2.90. The zero-order chi connectivity index (χ0) is 12.0. The summed E-state index contributed by atoms with van der Waals surface area (Å²) in [5.74, 6) is 0. The van der Waals surface area contributed by atoms with Crippen LogP contribution in [0.4, 0.5) is 0 Å². The molecule has 0 unspecified atom stereocenters. The van der Waals surface area contributed by atoms with Gasteiger partial charge in [0.1, 0.15) is 0 Å². The van der Waals surface area contributed by atoms with Crippen LogP contribution in [0.3, 0.4) is 0 Å². The molecule has 0 aromatic rings. The van der Waals surface area contributed by atoms with E-state index in [9.17, 15) is 0 Å². The second-order valence-electron chi connectivity index (χ2n) is 3.99. The fraction of sp³-hybridized carbons (Fsp3) is 0.400. The molecule has 0 bridgehead atoms. The minimum Gasteiger partial charge on any atom is -0.257 e. The minimum absolute atomic E-state index is 0.919. The molecular formula is C15H21N. The predicted molar refractivity (Wildman–Crippen MR) is 72.8 cm³/mol. The van der Waals surface area contributed by atoms with Gasteiger partial charge >= 0.3 is 0 Å². The summed E-state index contributed by atoms with van der Waals surface area (Å²) in [5, 5.41) is 0. The highest BCUT2D eigenvalue weighted by molar-refractivity contribution is 5.72. The Morgan fingerprint density at radius 1 is 1.56 bits per heavy atom. The van der Waals surface area contributed by atoms with Crippen LogP contribution in [0.2, 0.25) is 0 Å². The Hall–Kier alpha value is -1.37. The van der Waals surface area contributed by atoms with E-state index in [1.54, 1.807) is 0 Å². The van der Waals surface area contributed by atoms with Gasteiger partial charge in [-0.15, -0.1) is 0 Å². The van der Waals surface area contributed by atoms with Crippen molar-refractivity contribution in [3.05, 3.63) is 47.2 Å². The first-order chi connectivity index (χ1) is 7.70. The first kappa shape index (κ1) is 12.7. The summed E-state index contributed by atoms with van der Waals surface area (Å²) in [7, 11) is 0. The van der Waals surface area contributed by atoms with Gasteiger partial charge in [-0.05, 0) is 50.3 Å². The zero-order valence-corrected chi connectivity index (χ0v) is 10.6. The number of allylic oxidation sites excluding steroid dienone is 6. The van der Waals surface area contributed by atoms with Gasteiger partial charge in [-0.1, -0.05) is 31.2 Å². The van der Waals surface area contributed by atoms with Crippen molar-refractivity contribution in [2.45, 2.75) is 40.0 Å². The molecule has 1 nitrogen and oxygen atoms in total. The molecule has 0 fully saturated rings. The lowest BCUT2D eigenvalue weighted by Gasteiger charge is -2.18. The highest BCUT2D eigenvalue weighted by atomic mass is 14.7. The molecule has 0 heterocycles. The number of hydrogen-bond donors (Lipinski definition) is 0. The van der Waals surface area contributed by atoms with Crippen molar-refractivity contribution in [2.24, 2.45) is 4.99 Å². The van der Waals surface area contributed by atoms with E-state index in [2.05, 4.69) is 31.5 Å². The van der Waals surface area contributed by atoms with E-state index in [-0.39, 0.29) is 0 Å². The van der Waals surface area contributed by atoms with Crippen molar-refractivity contribution in [3.63, 3.8) is 0 Å². The summed E-state index contributed by atoms with van der Waals surface area (Å²) in [5.41, 5.74) is 5.07. The van der Waals surface area contributed by atoms with E-state index in [4.69, 9.17) is 0 Å². The van der Waals surface area contributed by atoms with Crippen molar-refractivity contribution in [2.75, 3.05) is 0 Å². The molecule has 0 saturated heterocycles. The van der Waals surface area contributed by atoms with Crippen molar-refractivity contribution in [1.82, 2.24) is 0 Å². The summed E-state index contributed by atoms with van der Waals surface area (Å²) < 4.78 is 0. The molecule has 1 aliphatic rings. The molecule has 1 aliphatic carbocycles. The van der Waals surface area contributed by atoms with Crippen LogP contribution < -0.4 is 0 Å². The van der Waals surface area contributed by atoms with Gasteiger partial charge in [0, 0.05) is 6.21 Å². The Kier molecular flexibility index (Phi) is 4.97. The SMILES string of the molecule is C=C(N=C/C=C\C)C1=C(CC)C(C)=CCC1. The molecule has 0 saturated carbocycles. The van der Waals surface area contributed by atoms with Gasteiger partial charge in [0.05, 0.1) is 5.70 Å². The topological polar surface area (TPSA) is 12.4 Å². The van der Waals surface area contributed by atoms with Gasteiger partial charge in [0.25, 0.3) is 0 Å². The summed E-state index contributed by atoms with van der Waals surface area (Å²) in [4.78, 5) is 4.38. The molecule has 0 aliphatic heterocycles. The molecule has 1 rings (SSSR count). The molecular weight excluding hydrogens is 194 g/mol. The van der Waals surface area contributed by atoms with Gasteiger partial charge in [-0.2, -0.15) is 0 Å². The minimum atomic E-state index is 0.919. The third kappa shape index (κ3) is 3.06. The number of aliphatic imine (C=N–C) groups is 1. The second-order valence-corrected chi connectivity index (χ2v) is 3.99. The predicted octanol–water partition coefficient (Wildman–Crippen LogP) is 4.59. The van der Waals surface area contributed by atoms with Gasteiger partial charge in [-0.25, -0.2) is 0 Å². The first-order valence-electron chi connectivity index (χ1n) is 5.94. The summed E-state index contributed by atoms with van der Waals surface area (Å²) in [6.07, 6.45) is 11.3. The Morgan fingerprint density at radius 2 is 2.31 bits per heavy atom. The van der Waals surface area contributed by atoms with Crippen LogP contribution in [0.15, 0.2) is 52.2 Å². The van der Waals surface area contributed by atoms with Crippen molar-refractivity contribution in [3.8, 4) is 0 Å². The van der Waals surface area contributed by atoms with Gasteiger partial charge in [0.15, 0.2) is 0 Å². The highest BCUT2D eigenvalue weighted by Crippen LogP contribution is 2.31. The van der Waals surface area contributed by atoms with Crippen LogP contribution in [0.5, 0.6) is 0 Å². The number of rotatable bonds is 4. The molecule has 0 radical (unpaired) electrons. The largest absolute Gasteiger partial charge is 0.257 e. The van der Waals surface area contributed by atoms with Crippen molar-refractivity contribution in [1.29, 1.82) is 0 Å². The molecule has 0 aromatic heterocycles. The van der Waals surface area contributed by atoms with Gasteiger partial charge in [0.2, 0.25) is 0 Å². The summed E-state index contributed by atoms with van der Waals surface area (Å²) in [6.45, 7) is 10.4. The Bertz CT molecular complexity index is 378. The molecule has 16 heavy (non-hydrogen) atoms. The van der Waals surface area contributed by atoms with Crippen LogP contribution in [0.25, 0.3) is 0 Å². The van der Waals surface area contributed by atoms with Crippen LogP contribution >= 0.6 is 0 Å². The second kappa shape index (κ2) is 6.26. The molecule has 0 N–H and O–H groups in total. The van der Waals surface area contributed by atoms with Crippen molar-refractivity contribution >= 4 is 6.21 Å². The van der Waals surface area contributed by atoms with Crippen molar-refractivity contribution < 1.29 is 0 Å². The maximum absolute atomic E-state index is 4.38. The highest BCUT2D eigenvalue weighted by Gasteiger charge is 2.13. The van der Waals surface area contributed by atoms with Crippen LogP contribution in [-0.2, 0) is 0 Å². The normalized spacial score (nSPS) is 17.3. The number of hydrogen-bond acceptors (Lipinski definition) is 1. The van der Waals surface area contributed by atoms with E-state index in [0.717, 1.165) is 25.0 Å². The lowest BCUT2D eigenvalue weighted by Crippen LogP contribution is -2.00. The van der Waals surface area contributed by atoms with Crippen LogP contribution in [-0.4, -0.2) is 6.21 Å². The van der Waals surface area contributed by atoms with Gasteiger partial charge < -0.3 is 0 Å². The summed E-state index contributed by atoms with van der Waals surface area (Å²) in [6, 6.07) is 0. The average Bonchev–Trinajstić information content (AvgIpc) is 2.29. The zero-order valence-electron chi connectivity index (χ0n) is 10.6. The molecule has 1 heteroatoms. The molecule has 0 spiro atoms. The van der Waals surface area contributed by atoms with Gasteiger partial charge in [-0.3, -0.25) is 4.99 Å². The maximum atomic E-state index is 4.38. The molecule has 0 aromatic carbocycles. The fourth-order valence-corrected chi connectivity index (χ4v) is 2.05. The van der Waals surface area contributed by atoms with E-state index in [0.29, 0.717) is 0 Å². The lowest BCUT2D eigenvalue weighted by atomic mass is 9.89. The van der Waals surface area contributed by atoms with E-state index in [1.165, 1.54) is 16.7 Å². The molecule has 0 amide bonds. The first-order valence-corrected chi connectivity index (χ1v) is 5.94. The molecule has 0 atom stereocenters. The maximum Gasteiger partial charge on any atom is 0.0592 e. The third-order valence-electron chi connectivity index (χ3n) is 2.90. The average molecular weight is 215 g/mol. The fourth-order valence-electron chi connectivity index (χ4n) is 2.05. The lowest BCUT2D eigenvalue weighted by molar-refractivity contribution is 0.893. The Labute approximate surface area is 99.0 Å². The standard InChI is InChI=1S/C15H21N/c1-5-7-11-16-13(4)15-10-8-9-12(3)14(15)6-2/h5,7,9,11H,4,6,8,10H2,1-3H3/b7-5-,16-11?. The summed E-state index contributed by atoms with van der Waals surface area (Å²) >= 11 is 0. The monoisotopic (exact) mass is 215 g/mol. The van der Waals surface area contributed by atoms with Crippen LogP contribution in [0.1, 0.15) is 40.0 Å². The smallest absolute Gasteiger partial charge is 0.0592 e. The van der Waals surface area contributed by atoms with Crippen LogP contribution in [0, 0.1) is 0 Å². The van der Waals surface area contributed by atoms with E-state index >= 15 is 0 Å². The molecule has 86 valence electrons. The number of nitrogens with zero attached hydrogens (tertiary/aromatic N) is 1.